The Morgan fingerprint density at radius 1 is 1.06 bits per heavy atom. The molecular weight excluding hydrogens is 458 g/mol. The van der Waals surface area contributed by atoms with Gasteiger partial charge in [-0.15, -0.1) is 0 Å². The molecule has 1 unspecified atom stereocenters. The number of rotatable bonds is 7. The zero-order valence-electron chi connectivity index (χ0n) is 23.0. The van der Waals surface area contributed by atoms with Crippen LogP contribution in [0.1, 0.15) is 105 Å². The van der Waals surface area contributed by atoms with Crippen LogP contribution in [-0.2, 0) is 10.1 Å². The van der Waals surface area contributed by atoms with Crippen LogP contribution < -0.4 is 5.73 Å². The quantitative estimate of drug-likeness (QED) is 0.278. The van der Waals surface area contributed by atoms with Gasteiger partial charge in [-0.2, -0.15) is 8.42 Å². The molecule has 0 aromatic heterocycles. The van der Waals surface area contributed by atoms with Crippen LogP contribution >= 0.6 is 0 Å². The molecule has 0 amide bonds. The smallest absolute Gasteiger partial charge is 0.266 e. The third-order valence-electron chi connectivity index (χ3n) is 10.7. The molecule has 6 heteroatoms. The number of hydrogen-bond donors (Lipinski definition) is 3. The highest BCUT2D eigenvalue weighted by atomic mass is 32.2. The minimum absolute atomic E-state index is 0.0289. The Kier molecular flexibility index (Phi) is 9.60. The molecule has 0 aromatic rings. The van der Waals surface area contributed by atoms with E-state index in [4.69, 9.17) is 10.3 Å². The van der Waals surface area contributed by atoms with Crippen LogP contribution in [0.4, 0.5) is 0 Å². The van der Waals surface area contributed by atoms with Crippen molar-refractivity contribution in [1.29, 1.82) is 0 Å². The largest absolute Gasteiger partial charge is 0.393 e. The first-order chi connectivity index (χ1) is 16.3. The lowest BCUT2D eigenvalue weighted by molar-refractivity contribution is -0.0573. The Labute approximate surface area is 215 Å². The highest BCUT2D eigenvalue weighted by molar-refractivity contribution is 7.85. The highest BCUT2D eigenvalue weighted by Gasteiger charge is 2.59. The molecule has 4 aliphatic carbocycles. The summed E-state index contributed by atoms with van der Waals surface area (Å²) in [6.45, 7) is 12.5. The van der Waals surface area contributed by atoms with Crippen LogP contribution in [-0.4, -0.2) is 36.5 Å². The minimum atomic E-state index is -3.80. The zero-order valence-corrected chi connectivity index (χ0v) is 23.8. The number of fused-ring (bicyclic) bond motifs is 5. The molecule has 5 nitrogen and oxygen atoms in total. The Bertz CT molecular complexity index is 840. The van der Waals surface area contributed by atoms with Crippen molar-refractivity contribution in [1.82, 2.24) is 0 Å². The summed E-state index contributed by atoms with van der Waals surface area (Å²) in [5.41, 5.74) is 7.38. The molecule has 0 bridgehead atoms. The van der Waals surface area contributed by atoms with Crippen LogP contribution in [0.25, 0.3) is 0 Å². The summed E-state index contributed by atoms with van der Waals surface area (Å²) >= 11 is 0. The molecule has 0 heterocycles. The van der Waals surface area contributed by atoms with E-state index in [1.165, 1.54) is 57.8 Å². The monoisotopic (exact) mass is 511 g/mol. The predicted octanol–water partition coefficient (Wildman–Crippen LogP) is 6.22. The number of hydrogen-bond acceptors (Lipinski definition) is 4. The van der Waals surface area contributed by atoms with Crippen molar-refractivity contribution in [3.05, 3.63) is 11.6 Å². The summed E-state index contributed by atoms with van der Waals surface area (Å²) in [7, 11) is -3.80. The number of allylic oxidation sites excluding steroid dienone is 1. The average Bonchev–Trinajstić information content (AvgIpc) is 3.11. The van der Waals surface area contributed by atoms with Gasteiger partial charge in [0, 0.05) is 6.54 Å². The molecule has 204 valence electrons. The van der Waals surface area contributed by atoms with Gasteiger partial charge in [-0.05, 0) is 97.7 Å². The number of aliphatic hydroxyl groups excluding tert-OH is 1. The Morgan fingerprint density at radius 2 is 1.77 bits per heavy atom. The zero-order chi connectivity index (χ0) is 26.0. The van der Waals surface area contributed by atoms with Gasteiger partial charge in [0.2, 0.25) is 0 Å². The topological polar surface area (TPSA) is 101 Å². The second-order valence-corrected chi connectivity index (χ2v) is 14.8. The average molecular weight is 512 g/mol. The van der Waals surface area contributed by atoms with Gasteiger partial charge in [-0.25, -0.2) is 0 Å². The van der Waals surface area contributed by atoms with Crippen molar-refractivity contribution in [2.45, 2.75) is 111 Å². The second-order valence-electron chi connectivity index (χ2n) is 13.3. The van der Waals surface area contributed by atoms with E-state index in [1.807, 2.05) is 0 Å². The van der Waals surface area contributed by atoms with E-state index in [0.29, 0.717) is 10.8 Å². The van der Waals surface area contributed by atoms with Gasteiger partial charge in [0.1, 0.15) is 0 Å². The Morgan fingerprint density at radius 3 is 2.37 bits per heavy atom. The third kappa shape index (κ3) is 6.53. The first-order valence-corrected chi connectivity index (χ1v) is 16.0. The SMILES string of the molecule is CC(C)CCCC(C)[C@H]1CC[C@H]2[C@@H]3CC=C4C[C@@H](O)CC[C@]4(C)[C@H]3CC[C@]12C.NCCS(=O)(=O)O. The van der Waals surface area contributed by atoms with Gasteiger partial charge in [-0.1, -0.05) is 65.5 Å². The molecule has 0 radical (unpaired) electrons. The molecule has 0 aliphatic heterocycles. The molecule has 4 N–H and O–H groups in total. The maximum atomic E-state index is 10.2. The maximum Gasteiger partial charge on any atom is 0.266 e. The third-order valence-corrected chi connectivity index (χ3v) is 11.4. The van der Waals surface area contributed by atoms with Gasteiger partial charge >= 0.3 is 0 Å². The van der Waals surface area contributed by atoms with Crippen molar-refractivity contribution in [2.75, 3.05) is 12.3 Å². The summed E-state index contributed by atoms with van der Waals surface area (Å²) < 4.78 is 27.3. The van der Waals surface area contributed by atoms with Crippen molar-refractivity contribution in [3.8, 4) is 0 Å². The second kappa shape index (κ2) is 11.5. The molecule has 8 atom stereocenters. The van der Waals surface area contributed by atoms with Crippen LogP contribution in [0.5, 0.6) is 0 Å². The van der Waals surface area contributed by atoms with E-state index in [0.717, 1.165) is 48.3 Å². The van der Waals surface area contributed by atoms with Crippen molar-refractivity contribution in [3.63, 3.8) is 0 Å². The van der Waals surface area contributed by atoms with E-state index in [1.54, 1.807) is 5.57 Å². The summed E-state index contributed by atoms with van der Waals surface area (Å²) in [6.07, 6.45) is 17.2. The van der Waals surface area contributed by atoms with E-state index in [9.17, 15) is 13.5 Å². The standard InChI is InChI=1S/C27H46O.C2H7NO3S/c1-18(2)7-6-8-19(3)23-11-12-24-22-10-9-20-17-21(28)13-15-26(20,4)25(22)14-16-27(23,24)5;3-1-2-7(4,5)6/h9,18-19,21-25,28H,6-8,10-17H2,1-5H3;1-3H2,(H,4,5,6)/t19?,21-,22-,23+,24-,25-,26-,27+;/m0./s1. The van der Waals surface area contributed by atoms with Crippen molar-refractivity contribution in [2.24, 2.45) is 52.1 Å². The molecule has 0 saturated heterocycles. The molecule has 0 aromatic carbocycles. The Balaban J connectivity index is 0.000000429. The molecular formula is C29H53NO4S. The van der Waals surface area contributed by atoms with E-state index in [-0.39, 0.29) is 18.4 Å². The summed E-state index contributed by atoms with van der Waals surface area (Å²) in [4.78, 5) is 0. The van der Waals surface area contributed by atoms with Gasteiger partial charge in [0.25, 0.3) is 10.1 Å². The molecule has 0 spiro atoms. The van der Waals surface area contributed by atoms with Gasteiger partial charge in [0.05, 0.1) is 11.9 Å². The first-order valence-electron chi connectivity index (χ1n) is 14.3. The summed E-state index contributed by atoms with van der Waals surface area (Å²) in [5.74, 6) is 5.10. The fraction of sp³-hybridized carbons (Fsp3) is 0.931. The normalized spacial score (nSPS) is 39.6. The minimum Gasteiger partial charge on any atom is -0.393 e. The van der Waals surface area contributed by atoms with Crippen LogP contribution in [0.3, 0.4) is 0 Å². The number of nitrogens with two attached hydrogens (primary N) is 1. The van der Waals surface area contributed by atoms with E-state index in [2.05, 4.69) is 40.7 Å². The molecule has 35 heavy (non-hydrogen) atoms. The predicted molar refractivity (Wildman–Crippen MR) is 145 cm³/mol. The highest BCUT2D eigenvalue weighted by Crippen LogP contribution is 2.67. The van der Waals surface area contributed by atoms with Crippen molar-refractivity contribution >= 4 is 10.1 Å². The Hall–Kier alpha value is -0.430. The first kappa shape index (κ1) is 29.1. The summed E-state index contributed by atoms with van der Waals surface area (Å²) in [5, 5.41) is 10.2. The molecule has 4 rings (SSSR count). The molecule has 4 aliphatic rings. The van der Waals surface area contributed by atoms with Crippen LogP contribution in [0.2, 0.25) is 0 Å². The lowest BCUT2D eigenvalue weighted by Gasteiger charge is -2.58. The van der Waals surface area contributed by atoms with Gasteiger partial charge in [-0.3, -0.25) is 4.55 Å². The molecule has 3 fully saturated rings. The van der Waals surface area contributed by atoms with Crippen molar-refractivity contribution < 1.29 is 18.1 Å². The van der Waals surface area contributed by atoms with E-state index < -0.39 is 10.1 Å². The lowest BCUT2D eigenvalue weighted by atomic mass is 9.47. The lowest BCUT2D eigenvalue weighted by Crippen LogP contribution is -2.50. The summed E-state index contributed by atoms with van der Waals surface area (Å²) in [6, 6.07) is 0. The van der Waals surface area contributed by atoms with Gasteiger partial charge in [0.15, 0.2) is 0 Å². The fourth-order valence-electron chi connectivity index (χ4n) is 8.82. The maximum absolute atomic E-state index is 10.2. The fourth-order valence-corrected chi connectivity index (χ4v) is 9.11. The van der Waals surface area contributed by atoms with E-state index >= 15 is 0 Å². The van der Waals surface area contributed by atoms with Gasteiger partial charge < -0.3 is 10.8 Å². The molecule has 3 saturated carbocycles. The number of aliphatic hydroxyl groups is 1. The van der Waals surface area contributed by atoms with Crippen LogP contribution in [0.15, 0.2) is 11.6 Å². The van der Waals surface area contributed by atoms with Crippen LogP contribution in [0, 0.1) is 46.3 Å².